The maximum absolute atomic E-state index is 14.1. The van der Waals surface area contributed by atoms with Gasteiger partial charge in [0.2, 0.25) is 0 Å². The molecule has 294 valence electrons. The lowest BCUT2D eigenvalue weighted by atomic mass is 10.1. The van der Waals surface area contributed by atoms with Crippen molar-refractivity contribution in [2.45, 2.75) is 156 Å². The summed E-state index contributed by atoms with van der Waals surface area (Å²) in [5.41, 5.74) is -2.72. The van der Waals surface area contributed by atoms with Crippen LogP contribution in [0, 0.1) is 0 Å². The number of carbonyl (C=O) groups is 6. The first-order valence-electron chi connectivity index (χ1n) is 17.7. The van der Waals surface area contributed by atoms with E-state index in [-0.39, 0.29) is 32.4 Å². The molecule has 0 radical (unpaired) electrons. The van der Waals surface area contributed by atoms with Gasteiger partial charge >= 0.3 is 36.0 Å². The Kier molecular flexibility index (Phi) is 17.6. The lowest BCUT2D eigenvalue weighted by molar-refractivity contribution is -0.163. The van der Waals surface area contributed by atoms with Crippen molar-refractivity contribution in [2.75, 3.05) is 13.1 Å². The molecular formula is C38H61N3O11. The van der Waals surface area contributed by atoms with E-state index in [1.807, 2.05) is 30.3 Å². The summed E-state index contributed by atoms with van der Waals surface area (Å²) in [6, 6.07) is 5.60. The molecule has 0 aromatic heterocycles. The van der Waals surface area contributed by atoms with Gasteiger partial charge in [-0.25, -0.2) is 19.2 Å². The van der Waals surface area contributed by atoms with E-state index in [9.17, 15) is 28.8 Å². The molecule has 1 rings (SSSR count). The summed E-state index contributed by atoms with van der Waals surface area (Å²) in [6.07, 6.45) is -0.297. The van der Waals surface area contributed by atoms with Gasteiger partial charge in [-0.05, 0) is 114 Å². The van der Waals surface area contributed by atoms with Crippen molar-refractivity contribution in [1.82, 2.24) is 15.5 Å². The van der Waals surface area contributed by atoms with E-state index in [0.29, 0.717) is 12.8 Å². The first kappa shape index (κ1) is 45.7. The predicted molar refractivity (Wildman–Crippen MR) is 194 cm³/mol. The predicted octanol–water partition coefficient (Wildman–Crippen LogP) is 5.98. The normalized spacial score (nSPS) is 13.2. The summed E-state index contributed by atoms with van der Waals surface area (Å²) in [5.74, 6) is -3.00. The highest BCUT2D eigenvalue weighted by Gasteiger charge is 2.38. The molecule has 0 heterocycles. The fourth-order valence-corrected chi connectivity index (χ4v) is 4.54. The van der Waals surface area contributed by atoms with Crippen LogP contribution >= 0.6 is 0 Å². The largest absolute Gasteiger partial charge is 0.460 e. The Bertz CT molecular complexity index is 1340. The second-order valence-electron chi connectivity index (χ2n) is 16.4. The second-order valence-corrected chi connectivity index (χ2v) is 16.4. The number of carbonyl (C=O) groups excluding carboxylic acids is 6. The van der Waals surface area contributed by atoms with Crippen LogP contribution in [0.1, 0.15) is 121 Å². The molecule has 2 N–H and O–H groups in total. The smallest absolute Gasteiger partial charge is 0.407 e. The van der Waals surface area contributed by atoms with E-state index >= 15 is 0 Å². The van der Waals surface area contributed by atoms with Gasteiger partial charge in [-0.15, -0.1) is 0 Å². The zero-order valence-electron chi connectivity index (χ0n) is 33.1. The summed E-state index contributed by atoms with van der Waals surface area (Å²) >= 11 is 0. The van der Waals surface area contributed by atoms with Crippen molar-refractivity contribution < 1.29 is 52.5 Å². The van der Waals surface area contributed by atoms with Gasteiger partial charge in [0.25, 0.3) is 0 Å². The Hall–Kier alpha value is -4.36. The van der Waals surface area contributed by atoms with Crippen molar-refractivity contribution in [3.63, 3.8) is 0 Å². The number of urea groups is 1. The van der Waals surface area contributed by atoms with Crippen LogP contribution in [0.3, 0.4) is 0 Å². The summed E-state index contributed by atoms with van der Waals surface area (Å²) in [5, 5.41) is 5.25. The first-order chi connectivity index (χ1) is 23.7. The molecule has 3 amide bonds. The van der Waals surface area contributed by atoms with Gasteiger partial charge in [-0.2, -0.15) is 0 Å². The van der Waals surface area contributed by atoms with Crippen molar-refractivity contribution in [3.05, 3.63) is 35.9 Å². The minimum absolute atomic E-state index is 0.0287. The van der Waals surface area contributed by atoms with Crippen LogP contribution in [0.5, 0.6) is 0 Å². The number of ether oxygens (including phenoxy) is 5. The third kappa shape index (κ3) is 21.1. The topological polar surface area (TPSA) is 176 Å². The molecule has 0 saturated heterocycles. The Morgan fingerprint density at radius 3 is 1.71 bits per heavy atom. The number of amides is 3. The highest BCUT2D eigenvalue weighted by molar-refractivity contribution is 5.90. The lowest BCUT2D eigenvalue weighted by Gasteiger charge is -2.34. The number of rotatable bonds is 16. The summed E-state index contributed by atoms with van der Waals surface area (Å²) in [7, 11) is 0. The third-order valence-electron chi connectivity index (χ3n) is 6.47. The number of unbranched alkanes of at least 4 members (excludes halogenated alkanes) is 1. The van der Waals surface area contributed by atoms with Gasteiger partial charge in [0, 0.05) is 13.0 Å². The number of nitrogens with zero attached hydrogens (tertiary/aromatic N) is 1. The van der Waals surface area contributed by atoms with Crippen LogP contribution in [0.25, 0.3) is 0 Å². The fourth-order valence-electron chi connectivity index (χ4n) is 4.54. The highest BCUT2D eigenvalue weighted by atomic mass is 16.6. The van der Waals surface area contributed by atoms with Crippen LogP contribution < -0.4 is 10.6 Å². The maximum Gasteiger partial charge on any atom is 0.407 e. The van der Waals surface area contributed by atoms with E-state index < -0.39 is 77.0 Å². The van der Waals surface area contributed by atoms with E-state index in [1.54, 1.807) is 83.1 Å². The van der Waals surface area contributed by atoms with Crippen molar-refractivity contribution in [3.8, 4) is 0 Å². The number of benzene rings is 1. The van der Waals surface area contributed by atoms with Gasteiger partial charge in [-0.3, -0.25) is 14.5 Å². The van der Waals surface area contributed by atoms with Crippen molar-refractivity contribution in [2.24, 2.45) is 0 Å². The molecule has 2 atom stereocenters. The minimum atomic E-state index is -1.34. The molecule has 0 aliphatic rings. The number of hydrogen-bond acceptors (Lipinski definition) is 11. The number of nitrogens with one attached hydrogen (secondary N) is 2. The molecule has 2 unspecified atom stereocenters. The molecular weight excluding hydrogens is 674 g/mol. The Morgan fingerprint density at radius 2 is 1.17 bits per heavy atom. The van der Waals surface area contributed by atoms with Gasteiger partial charge in [-0.1, -0.05) is 30.3 Å². The Labute approximate surface area is 309 Å². The number of alkyl carbamates (subject to hydrolysis) is 1. The number of hydrogen-bond donors (Lipinski definition) is 2. The molecule has 14 heteroatoms. The molecule has 1 aromatic rings. The Morgan fingerprint density at radius 1 is 0.654 bits per heavy atom. The van der Waals surface area contributed by atoms with E-state index in [4.69, 9.17) is 23.7 Å². The Balaban J connectivity index is 3.29. The second kappa shape index (κ2) is 20.0. The lowest BCUT2D eigenvalue weighted by Crippen LogP contribution is -2.56. The molecule has 0 saturated carbocycles. The monoisotopic (exact) mass is 735 g/mol. The van der Waals surface area contributed by atoms with Crippen LogP contribution in [-0.4, -0.2) is 88.5 Å². The average molecular weight is 736 g/mol. The van der Waals surface area contributed by atoms with E-state index in [2.05, 4.69) is 10.6 Å². The third-order valence-corrected chi connectivity index (χ3v) is 6.47. The van der Waals surface area contributed by atoms with Gasteiger partial charge in [0.15, 0.2) is 0 Å². The summed E-state index contributed by atoms with van der Waals surface area (Å²) in [6.45, 7) is 19.7. The maximum atomic E-state index is 14.1. The first-order valence-corrected chi connectivity index (χ1v) is 17.7. The van der Waals surface area contributed by atoms with E-state index in [0.717, 1.165) is 10.5 Å². The quantitative estimate of drug-likeness (QED) is 0.116. The molecule has 0 aliphatic carbocycles. The van der Waals surface area contributed by atoms with Crippen LogP contribution in [0.2, 0.25) is 0 Å². The molecule has 0 bridgehead atoms. The van der Waals surface area contributed by atoms with Gasteiger partial charge in [0.1, 0.15) is 47.6 Å². The van der Waals surface area contributed by atoms with Crippen LogP contribution in [0.4, 0.5) is 9.59 Å². The average Bonchev–Trinajstić information content (AvgIpc) is 2.95. The molecule has 0 aliphatic heterocycles. The molecule has 14 nitrogen and oxygen atoms in total. The number of esters is 4. The summed E-state index contributed by atoms with van der Waals surface area (Å²) in [4.78, 5) is 80.0. The molecule has 0 fully saturated rings. The molecule has 0 spiro atoms. The van der Waals surface area contributed by atoms with Gasteiger partial charge in [0.05, 0.1) is 0 Å². The van der Waals surface area contributed by atoms with Crippen LogP contribution in [0.15, 0.2) is 30.3 Å². The highest BCUT2D eigenvalue weighted by Crippen LogP contribution is 2.19. The minimum Gasteiger partial charge on any atom is -0.460 e. The van der Waals surface area contributed by atoms with E-state index in [1.165, 1.54) is 0 Å². The van der Waals surface area contributed by atoms with Crippen molar-refractivity contribution >= 4 is 36.0 Å². The van der Waals surface area contributed by atoms with Crippen LogP contribution in [-0.2, 0) is 49.5 Å². The van der Waals surface area contributed by atoms with Crippen molar-refractivity contribution in [1.29, 1.82) is 0 Å². The van der Waals surface area contributed by atoms with Gasteiger partial charge < -0.3 is 34.3 Å². The molecule has 52 heavy (non-hydrogen) atoms. The zero-order chi connectivity index (χ0) is 39.9. The standard InChI is InChI=1S/C38H61N3O11/c1-35(2,3)49-29(42)22-21-27(31(44)51-37(7,8)9)40-33(46)41(24-30(43)50-36(4,5)6)28(32(45)52-38(10,11)12)20-16-17-23-39-34(47)48-25-26-18-14-13-15-19-26/h13-15,18-19,27-28H,16-17,20-25H2,1-12H3,(H,39,47)(H,40,46). The summed E-state index contributed by atoms with van der Waals surface area (Å²) < 4.78 is 27.3. The SMILES string of the molecule is CC(C)(C)OC(=O)CCC(NC(=O)N(CC(=O)OC(C)(C)C)C(CCCCNC(=O)OCc1ccccc1)C(=O)OC(C)(C)C)C(=O)OC(C)(C)C. The molecule has 1 aromatic carbocycles. The fraction of sp³-hybridized carbons (Fsp3) is 0.684. The zero-order valence-corrected chi connectivity index (χ0v) is 33.1.